The Labute approximate surface area is 119 Å². The largest absolute Gasteiger partial charge is 0.481 e. The number of hydrogen-bond donors (Lipinski definition) is 3. The summed E-state index contributed by atoms with van der Waals surface area (Å²) in [6.07, 6.45) is -0.228. The fourth-order valence-corrected chi connectivity index (χ4v) is 2.28. The molecule has 0 spiro atoms. The molecule has 8 heteroatoms. The van der Waals surface area contributed by atoms with Crippen LogP contribution in [0.4, 0.5) is 0 Å². The van der Waals surface area contributed by atoms with Gasteiger partial charge < -0.3 is 20.9 Å². The molecule has 20 heavy (non-hydrogen) atoms. The highest BCUT2D eigenvalue weighted by Gasteiger charge is 2.26. The van der Waals surface area contributed by atoms with E-state index in [2.05, 4.69) is 10.1 Å². The Morgan fingerprint density at radius 2 is 2.20 bits per heavy atom. The Morgan fingerprint density at radius 1 is 1.50 bits per heavy atom. The quantitative estimate of drug-likeness (QED) is 0.597. The molecule has 7 nitrogen and oxygen atoms in total. The molecule has 0 fully saturated rings. The van der Waals surface area contributed by atoms with Gasteiger partial charge in [-0.3, -0.25) is 9.59 Å². The van der Waals surface area contributed by atoms with E-state index in [0.29, 0.717) is 0 Å². The minimum absolute atomic E-state index is 0.274. The predicted molar refractivity (Wildman–Crippen MR) is 72.2 cm³/mol. The van der Waals surface area contributed by atoms with Crippen molar-refractivity contribution >= 4 is 29.2 Å². The summed E-state index contributed by atoms with van der Waals surface area (Å²) in [6, 6.07) is 1.56. The molecular weight excluding hydrogens is 284 g/mol. The predicted octanol–water partition coefficient (Wildman–Crippen LogP) is -0.250. The first-order chi connectivity index (χ1) is 9.43. The zero-order chi connectivity index (χ0) is 15.1. The van der Waals surface area contributed by atoms with Gasteiger partial charge in [0.15, 0.2) is 0 Å². The van der Waals surface area contributed by atoms with Gasteiger partial charge in [-0.2, -0.15) is 0 Å². The number of esters is 1. The number of thiophene rings is 1. The number of carbonyl (C=O) groups is 3. The molecule has 4 N–H and O–H groups in total. The van der Waals surface area contributed by atoms with E-state index < -0.39 is 36.4 Å². The van der Waals surface area contributed by atoms with Gasteiger partial charge in [-0.1, -0.05) is 6.07 Å². The Balaban J connectivity index is 2.67. The summed E-state index contributed by atoms with van der Waals surface area (Å²) in [6.45, 7) is 0. The zero-order valence-corrected chi connectivity index (χ0v) is 11.7. The fourth-order valence-electron chi connectivity index (χ4n) is 1.53. The second-order valence-corrected chi connectivity index (χ2v) is 5.10. The lowest BCUT2D eigenvalue weighted by Crippen LogP contribution is -2.50. The van der Waals surface area contributed by atoms with E-state index in [9.17, 15) is 14.4 Å². The van der Waals surface area contributed by atoms with Crippen molar-refractivity contribution < 1.29 is 24.2 Å². The molecule has 2 atom stereocenters. The minimum Gasteiger partial charge on any atom is -0.481 e. The van der Waals surface area contributed by atoms with Crippen LogP contribution in [0.3, 0.4) is 0 Å². The van der Waals surface area contributed by atoms with Crippen LogP contribution in [0.25, 0.3) is 0 Å². The molecule has 0 aliphatic rings. The van der Waals surface area contributed by atoms with Crippen molar-refractivity contribution in [2.24, 2.45) is 5.73 Å². The van der Waals surface area contributed by atoms with E-state index in [1.165, 1.54) is 18.4 Å². The molecule has 0 aromatic carbocycles. The highest BCUT2D eigenvalue weighted by atomic mass is 32.1. The van der Waals surface area contributed by atoms with Crippen LogP contribution in [0.1, 0.15) is 11.3 Å². The lowest BCUT2D eigenvalue weighted by molar-refractivity contribution is -0.145. The number of amides is 1. The number of ether oxygens (including phenoxy) is 1. The van der Waals surface area contributed by atoms with E-state index in [1.807, 2.05) is 17.5 Å². The molecule has 0 radical (unpaired) electrons. The SMILES string of the molecule is COC(=O)[C@H](Cc1cccs1)NC(=O)[C@@H](N)CC(=O)O. The van der Waals surface area contributed by atoms with Gasteiger partial charge in [0.05, 0.1) is 19.6 Å². The van der Waals surface area contributed by atoms with Gasteiger partial charge in [-0.05, 0) is 11.4 Å². The van der Waals surface area contributed by atoms with Gasteiger partial charge in [-0.25, -0.2) is 4.79 Å². The first-order valence-corrected chi connectivity index (χ1v) is 6.70. The first kappa shape index (κ1) is 16.1. The van der Waals surface area contributed by atoms with Crippen molar-refractivity contribution in [1.82, 2.24) is 5.32 Å². The second-order valence-electron chi connectivity index (χ2n) is 4.07. The van der Waals surface area contributed by atoms with E-state index in [4.69, 9.17) is 10.8 Å². The van der Waals surface area contributed by atoms with Crippen molar-refractivity contribution in [3.8, 4) is 0 Å². The lowest BCUT2D eigenvalue weighted by atomic mass is 10.1. The van der Waals surface area contributed by atoms with Gasteiger partial charge in [0.1, 0.15) is 6.04 Å². The third-order valence-corrected chi connectivity index (χ3v) is 3.42. The van der Waals surface area contributed by atoms with E-state index in [1.54, 1.807) is 0 Å². The highest BCUT2D eigenvalue weighted by Crippen LogP contribution is 2.12. The maximum absolute atomic E-state index is 11.7. The third-order valence-electron chi connectivity index (χ3n) is 2.52. The number of carboxylic acids is 1. The molecule has 1 amide bonds. The zero-order valence-electron chi connectivity index (χ0n) is 10.9. The third kappa shape index (κ3) is 4.98. The summed E-state index contributed by atoms with van der Waals surface area (Å²) >= 11 is 1.44. The summed E-state index contributed by atoms with van der Waals surface area (Å²) in [4.78, 5) is 34.8. The van der Waals surface area contributed by atoms with Crippen LogP contribution in [-0.4, -0.2) is 42.1 Å². The van der Waals surface area contributed by atoms with Crippen molar-refractivity contribution in [2.45, 2.75) is 24.9 Å². The van der Waals surface area contributed by atoms with Crippen LogP contribution < -0.4 is 11.1 Å². The monoisotopic (exact) mass is 300 g/mol. The van der Waals surface area contributed by atoms with E-state index >= 15 is 0 Å². The summed E-state index contributed by atoms with van der Waals surface area (Å²) in [5, 5.41) is 12.8. The van der Waals surface area contributed by atoms with Gasteiger partial charge in [0.25, 0.3) is 0 Å². The van der Waals surface area contributed by atoms with Gasteiger partial charge in [-0.15, -0.1) is 11.3 Å². The normalized spacial score (nSPS) is 13.3. The standard InChI is InChI=1S/C12H16N2O5S/c1-19-12(18)9(5-7-3-2-4-20-7)14-11(17)8(13)6-10(15)16/h2-4,8-9H,5-6,13H2,1H3,(H,14,17)(H,15,16)/t8-,9-/m0/s1. The molecule has 0 aliphatic heterocycles. The Morgan fingerprint density at radius 3 is 2.70 bits per heavy atom. The molecule has 0 saturated carbocycles. The van der Waals surface area contributed by atoms with Crippen LogP contribution in [0, 0.1) is 0 Å². The summed E-state index contributed by atoms with van der Waals surface area (Å²) < 4.78 is 4.62. The number of methoxy groups -OCH3 is 1. The number of carbonyl (C=O) groups excluding carboxylic acids is 2. The molecule has 0 saturated heterocycles. The van der Waals surface area contributed by atoms with Crippen molar-refractivity contribution in [1.29, 1.82) is 0 Å². The number of carboxylic acid groups (broad SMARTS) is 1. The topological polar surface area (TPSA) is 119 Å². The van der Waals surface area contributed by atoms with Crippen molar-refractivity contribution in [3.05, 3.63) is 22.4 Å². The smallest absolute Gasteiger partial charge is 0.328 e. The number of rotatable bonds is 7. The molecule has 110 valence electrons. The highest BCUT2D eigenvalue weighted by molar-refractivity contribution is 7.09. The average molecular weight is 300 g/mol. The minimum atomic E-state index is -1.21. The number of nitrogens with one attached hydrogen (secondary N) is 1. The first-order valence-electron chi connectivity index (χ1n) is 5.82. The van der Waals surface area contributed by atoms with Crippen LogP contribution in [0.2, 0.25) is 0 Å². The Hall–Kier alpha value is -1.93. The van der Waals surface area contributed by atoms with Gasteiger partial charge in [0, 0.05) is 11.3 Å². The van der Waals surface area contributed by atoms with E-state index in [-0.39, 0.29) is 6.42 Å². The second kappa shape index (κ2) is 7.61. The van der Waals surface area contributed by atoms with Crippen molar-refractivity contribution in [2.75, 3.05) is 7.11 Å². The molecule has 1 heterocycles. The Bertz CT molecular complexity index is 474. The summed E-state index contributed by atoms with van der Waals surface area (Å²) in [5.74, 6) is -2.48. The molecule has 1 rings (SSSR count). The molecule has 1 aromatic rings. The number of aliphatic carboxylic acids is 1. The number of hydrogen-bond acceptors (Lipinski definition) is 6. The average Bonchev–Trinajstić information content (AvgIpc) is 2.89. The molecule has 0 aliphatic carbocycles. The Kier molecular flexibility index (Phi) is 6.13. The maximum Gasteiger partial charge on any atom is 0.328 e. The summed E-state index contributed by atoms with van der Waals surface area (Å²) in [5.41, 5.74) is 5.44. The molecular formula is C12H16N2O5S. The molecule has 1 aromatic heterocycles. The van der Waals surface area contributed by atoms with Crippen LogP contribution in [-0.2, 0) is 25.5 Å². The number of nitrogens with two attached hydrogens (primary N) is 1. The van der Waals surface area contributed by atoms with Crippen LogP contribution in [0.15, 0.2) is 17.5 Å². The van der Waals surface area contributed by atoms with Crippen molar-refractivity contribution in [3.63, 3.8) is 0 Å². The molecule has 0 bridgehead atoms. The van der Waals surface area contributed by atoms with E-state index in [0.717, 1.165) is 4.88 Å². The fraction of sp³-hybridized carbons (Fsp3) is 0.417. The summed E-state index contributed by atoms with van der Waals surface area (Å²) in [7, 11) is 1.22. The molecule has 0 unspecified atom stereocenters. The maximum atomic E-state index is 11.7. The van der Waals surface area contributed by atoms with Gasteiger partial charge in [0.2, 0.25) is 5.91 Å². The van der Waals surface area contributed by atoms with Gasteiger partial charge >= 0.3 is 11.9 Å². The van der Waals surface area contributed by atoms with Crippen LogP contribution >= 0.6 is 11.3 Å². The van der Waals surface area contributed by atoms with Crippen LogP contribution in [0.5, 0.6) is 0 Å². The lowest BCUT2D eigenvalue weighted by Gasteiger charge is -2.18.